The molecule has 0 heterocycles. The molecule has 0 amide bonds. The van der Waals surface area contributed by atoms with Crippen LogP contribution >= 0.6 is 0 Å². The molecule has 16 heavy (non-hydrogen) atoms. The Morgan fingerprint density at radius 2 is 2.12 bits per heavy atom. The van der Waals surface area contributed by atoms with Gasteiger partial charge in [-0.3, -0.25) is 4.79 Å². The third-order valence-corrected chi connectivity index (χ3v) is 2.98. The van der Waals surface area contributed by atoms with Crippen LogP contribution in [-0.2, 0) is 4.79 Å². The first kappa shape index (κ1) is 11.0. The van der Waals surface area contributed by atoms with Crippen molar-refractivity contribution in [2.75, 3.05) is 11.4 Å². The summed E-state index contributed by atoms with van der Waals surface area (Å²) in [4.78, 5) is 12.9. The average Bonchev–Trinajstić information content (AvgIpc) is 3.04. The van der Waals surface area contributed by atoms with E-state index in [1.807, 2.05) is 12.1 Å². The maximum atomic E-state index is 10.6. The smallest absolute Gasteiger partial charge is 0.305 e. The minimum Gasteiger partial charge on any atom is -0.481 e. The molecule has 0 saturated heterocycles. The zero-order chi connectivity index (χ0) is 11.5. The molecule has 86 valence electrons. The highest BCUT2D eigenvalue weighted by Crippen LogP contribution is 2.33. The maximum absolute atomic E-state index is 10.6. The van der Waals surface area contributed by atoms with Gasteiger partial charge in [0.05, 0.1) is 6.42 Å². The quantitative estimate of drug-likeness (QED) is 0.826. The highest BCUT2D eigenvalue weighted by molar-refractivity contribution is 5.68. The average molecular weight is 219 g/mol. The van der Waals surface area contributed by atoms with Crippen molar-refractivity contribution < 1.29 is 9.90 Å². The molecule has 0 unspecified atom stereocenters. The molecule has 0 bridgehead atoms. The fraction of sp³-hybridized carbons (Fsp3) is 0.462. The number of aryl methyl sites for hydroxylation is 1. The molecule has 0 aliphatic heterocycles. The van der Waals surface area contributed by atoms with Gasteiger partial charge in [-0.05, 0) is 31.4 Å². The van der Waals surface area contributed by atoms with E-state index in [9.17, 15) is 4.79 Å². The van der Waals surface area contributed by atoms with Crippen molar-refractivity contribution in [3.05, 3.63) is 29.8 Å². The molecular weight excluding hydrogens is 202 g/mol. The third-order valence-electron chi connectivity index (χ3n) is 2.98. The highest BCUT2D eigenvalue weighted by atomic mass is 16.4. The van der Waals surface area contributed by atoms with Crippen LogP contribution in [0.3, 0.4) is 0 Å². The predicted molar refractivity (Wildman–Crippen MR) is 63.8 cm³/mol. The Kier molecular flexibility index (Phi) is 3.13. The van der Waals surface area contributed by atoms with Crippen LogP contribution in [0.25, 0.3) is 0 Å². The van der Waals surface area contributed by atoms with Crippen molar-refractivity contribution in [1.82, 2.24) is 0 Å². The van der Waals surface area contributed by atoms with Gasteiger partial charge in [0, 0.05) is 18.3 Å². The first-order valence-corrected chi connectivity index (χ1v) is 5.72. The maximum Gasteiger partial charge on any atom is 0.305 e. The number of hydrogen-bond acceptors (Lipinski definition) is 2. The summed E-state index contributed by atoms with van der Waals surface area (Å²) in [7, 11) is 0. The molecule has 0 spiro atoms. The van der Waals surface area contributed by atoms with E-state index in [4.69, 9.17) is 5.11 Å². The zero-order valence-corrected chi connectivity index (χ0v) is 9.52. The van der Waals surface area contributed by atoms with Crippen molar-refractivity contribution in [1.29, 1.82) is 0 Å². The van der Waals surface area contributed by atoms with Gasteiger partial charge in [0.15, 0.2) is 0 Å². The van der Waals surface area contributed by atoms with Crippen molar-refractivity contribution in [2.45, 2.75) is 32.2 Å². The SMILES string of the molecule is Cc1ccccc1N(CCC(=O)O)C1CC1. The second-order valence-corrected chi connectivity index (χ2v) is 4.35. The van der Waals surface area contributed by atoms with Gasteiger partial charge < -0.3 is 10.0 Å². The first-order chi connectivity index (χ1) is 7.68. The molecule has 1 aromatic rings. The highest BCUT2D eigenvalue weighted by Gasteiger charge is 2.29. The van der Waals surface area contributed by atoms with Gasteiger partial charge in [0.1, 0.15) is 0 Å². The van der Waals surface area contributed by atoms with Crippen LogP contribution in [-0.4, -0.2) is 23.7 Å². The summed E-state index contributed by atoms with van der Waals surface area (Å²) in [5.74, 6) is -0.723. The van der Waals surface area contributed by atoms with Crippen LogP contribution in [0.1, 0.15) is 24.8 Å². The molecule has 3 nitrogen and oxygen atoms in total. The lowest BCUT2D eigenvalue weighted by Crippen LogP contribution is -2.28. The number of para-hydroxylation sites is 1. The molecule has 3 heteroatoms. The molecule has 1 aliphatic rings. The number of carboxylic acids is 1. The van der Waals surface area contributed by atoms with Crippen molar-refractivity contribution >= 4 is 11.7 Å². The van der Waals surface area contributed by atoms with E-state index in [-0.39, 0.29) is 6.42 Å². The fourth-order valence-corrected chi connectivity index (χ4v) is 1.99. The molecule has 1 aromatic carbocycles. The molecule has 0 aromatic heterocycles. The summed E-state index contributed by atoms with van der Waals surface area (Å²) >= 11 is 0. The molecule has 1 fully saturated rings. The van der Waals surface area contributed by atoms with Crippen LogP contribution in [0, 0.1) is 6.92 Å². The van der Waals surface area contributed by atoms with E-state index in [2.05, 4.69) is 24.0 Å². The Labute approximate surface area is 95.7 Å². The first-order valence-electron chi connectivity index (χ1n) is 5.72. The molecule has 1 saturated carbocycles. The van der Waals surface area contributed by atoms with Crippen LogP contribution in [0.4, 0.5) is 5.69 Å². The number of aliphatic carboxylic acids is 1. The lowest BCUT2D eigenvalue weighted by atomic mass is 10.1. The Morgan fingerprint density at radius 3 is 2.69 bits per heavy atom. The fourth-order valence-electron chi connectivity index (χ4n) is 1.99. The van der Waals surface area contributed by atoms with E-state index in [0.29, 0.717) is 12.6 Å². The number of rotatable bonds is 5. The predicted octanol–water partition coefficient (Wildman–Crippen LogP) is 2.44. The van der Waals surface area contributed by atoms with Crippen molar-refractivity contribution in [3.63, 3.8) is 0 Å². The molecular formula is C13H17NO2. The normalized spacial score (nSPS) is 14.8. The number of carboxylic acid groups (broad SMARTS) is 1. The van der Waals surface area contributed by atoms with Gasteiger partial charge in [-0.25, -0.2) is 0 Å². The number of benzene rings is 1. The van der Waals surface area contributed by atoms with Gasteiger partial charge in [-0.1, -0.05) is 18.2 Å². The zero-order valence-electron chi connectivity index (χ0n) is 9.52. The minimum atomic E-state index is -0.723. The van der Waals surface area contributed by atoms with Gasteiger partial charge in [0.25, 0.3) is 0 Å². The lowest BCUT2D eigenvalue weighted by molar-refractivity contribution is -0.136. The second-order valence-electron chi connectivity index (χ2n) is 4.35. The molecule has 1 N–H and O–H groups in total. The van der Waals surface area contributed by atoms with Gasteiger partial charge in [-0.2, -0.15) is 0 Å². The number of carbonyl (C=O) groups is 1. The summed E-state index contributed by atoms with van der Waals surface area (Å²) in [5, 5.41) is 8.75. The third kappa shape index (κ3) is 2.54. The standard InChI is InChI=1S/C13H17NO2/c1-10-4-2-3-5-12(10)14(11-6-7-11)9-8-13(15)16/h2-5,11H,6-9H2,1H3,(H,15,16). The second kappa shape index (κ2) is 4.56. The van der Waals surface area contributed by atoms with Gasteiger partial charge in [-0.15, -0.1) is 0 Å². The molecule has 1 aliphatic carbocycles. The number of nitrogens with zero attached hydrogens (tertiary/aromatic N) is 1. The Morgan fingerprint density at radius 1 is 1.44 bits per heavy atom. The van der Waals surface area contributed by atoms with Crippen LogP contribution < -0.4 is 4.90 Å². The van der Waals surface area contributed by atoms with Crippen LogP contribution in [0.15, 0.2) is 24.3 Å². The van der Waals surface area contributed by atoms with E-state index >= 15 is 0 Å². The van der Waals surface area contributed by atoms with Crippen LogP contribution in [0.2, 0.25) is 0 Å². The van der Waals surface area contributed by atoms with Gasteiger partial charge >= 0.3 is 5.97 Å². The Hall–Kier alpha value is -1.51. The number of anilines is 1. The van der Waals surface area contributed by atoms with E-state index in [1.54, 1.807) is 0 Å². The van der Waals surface area contributed by atoms with Crippen molar-refractivity contribution in [3.8, 4) is 0 Å². The van der Waals surface area contributed by atoms with Gasteiger partial charge in [0.2, 0.25) is 0 Å². The summed E-state index contributed by atoms with van der Waals surface area (Å²) in [5.41, 5.74) is 2.41. The molecule has 0 atom stereocenters. The lowest BCUT2D eigenvalue weighted by Gasteiger charge is -2.25. The van der Waals surface area contributed by atoms with E-state index in [0.717, 1.165) is 0 Å². The summed E-state index contributed by atoms with van der Waals surface area (Å²) in [6.45, 7) is 2.69. The van der Waals surface area contributed by atoms with Crippen molar-refractivity contribution in [2.24, 2.45) is 0 Å². The largest absolute Gasteiger partial charge is 0.481 e. The Balaban J connectivity index is 2.12. The Bertz CT molecular complexity index is 385. The summed E-state index contributed by atoms with van der Waals surface area (Å²) in [6.07, 6.45) is 2.59. The van der Waals surface area contributed by atoms with E-state index < -0.39 is 5.97 Å². The minimum absolute atomic E-state index is 0.213. The summed E-state index contributed by atoms with van der Waals surface area (Å²) < 4.78 is 0. The molecule has 2 rings (SSSR count). The monoisotopic (exact) mass is 219 g/mol. The number of hydrogen-bond donors (Lipinski definition) is 1. The topological polar surface area (TPSA) is 40.5 Å². The molecule has 0 radical (unpaired) electrons. The van der Waals surface area contributed by atoms with E-state index in [1.165, 1.54) is 24.1 Å². The summed E-state index contributed by atoms with van der Waals surface area (Å²) in [6, 6.07) is 8.74. The van der Waals surface area contributed by atoms with Crippen LogP contribution in [0.5, 0.6) is 0 Å².